The Morgan fingerprint density at radius 2 is 1.78 bits per heavy atom. The van der Waals surface area contributed by atoms with Gasteiger partial charge in [-0.1, -0.05) is 12.1 Å². The minimum Gasteiger partial charge on any atom is -0.373 e. The monoisotopic (exact) mass is 305 g/mol. The second-order valence-corrected chi connectivity index (χ2v) is 5.96. The Morgan fingerprint density at radius 1 is 1.00 bits per heavy atom. The molecule has 0 amide bonds. The number of fused-ring (bicyclic) bond motifs is 1. The molecule has 0 aliphatic rings. The van der Waals surface area contributed by atoms with Gasteiger partial charge in [0.25, 0.3) is 0 Å². The van der Waals surface area contributed by atoms with Gasteiger partial charge in [-0.2, -0.15) is 0 Å². The third-order valence-electron chi connectivity index (χ3n) is 3.90. The van der Waals surface area contributed by atoms with Gasteiger partial charge in [0.1, 0.15) is 0 Å². The van der Waals surface area contributed by atoms with Crippen molar-refractivity contribution in [1.82, 2.24) is 14.9 Å². The predicted octanol–water partition coefficient (Wildman–Crippen LogP) is 3.09. The number of benzene rings is 1. The van der Waals surface area contributed by atoms with Gasteiger partial charge in [-0.3, -0.25) is 4.98 Å². The van der Waals surface area contributed by atoms with Crippen molar-refractivity contribution in [2.45, 2.75) is 0 Å². The molecule has 0 fully saturated rings. The van der Waals surface area contributed by atoms with E-state index in [0.717, 1.165) is 35.2 Å². The number of anilines is 1. The van der Waals surface area contributed by atoms with Crippen molar-refractivity contribution in [2.75, 3.05) is 39.1 Å². The van der Waals surface area contributed by atoms with Gasteiger partial charge >= 0.3 is 0 Å². The molecule has 0 N–H and O–H groups in total. The van der Waals surface area contributed by atoms with Crippen LogP contribution in [0.25, 0.3) is 22.2 Å². The number of likely N-dealkylation sites (N-methyl/N-ethyl adjacent to an activating group) is 2. The van der Waals surface area contributed by atoms with Crippen LogP contribution in [0.3, 0.4) is 0 Å². The van der Waals surface area contributed by atoms with Gasteiger partial charge < -0.3 is 9.80 Å². The SMILES string of the molecule is CN(C)CCN(C)c1ccc(-c2cc3ncccc3[c]n2)cc1. The Kier molecular flexibility index (Phi) is 4.53. The van der Waals surface area contributed by atoms with Gasteiger partial charge in [0.05, 0.1) is 17.4 Å². The van der Waals surface area contributed by atoms with E-state index in [4.69, 9.17) is 0 Å². The van der Waals surface area contributed by atoms with E-state index in [2.05, 4.69) is 71.4 Å². The summed E-state index contributed by atoms with van der Waals surface area (Å²) >= 11 is 0. The number of aromatic nitrogens is 2. The first-order valence-electron chi connectivity index (χ1n) is 7.73. The van der Waals surface area contributed by atoms with E-state index in [0.29, 0.717) is 0 Å². The van der Waals surface area contributed by atoms with Crippen LogP contribution in [0.1, 0.15) is 0 Å². The van der Waals surface area contributed by atoms with Gasteiger partial charge in [0.2, 0.25) is 0 Å². The summed E-state index contributed by atoms with van der Waals surface area (Å²) in [6.07, 6.45) is 4.85. The van der Waals surface area contributed by atoms with Crippen LogP contribution in [-0.2, 0) is 0 Å². The number of hydrogen-bond acceptors (Lipinski definition) is 4. The number of hydrogen-bond donors (Lipinski definition) is 0. The molecule has 4 heteroatoms. The van der Waals surface area contributed by atoms with E-state index < -0.39 is 0 Å². The zero-order chi connectivity index (χ0) is 16.2. The Balaban J connectivity index is 1.80. The summed E-state index contributed by atoms with van der Waals surface area (Å²) in [7, 11) is 6.30. The van der Waals surface area contributed by atoms with Crippen LogP contribution in [0.4, 0.5) is 5.69 Å². The van der Waals surface area contributed by atoms with Crippen molar-refractivity contribution in [3.8, 4) is 11.3 Å². The van der Waals surface area contributed by atoms with Crippen molar-refractivity contribution < 1.29 is 0 Å². The molecule has 2 aromatic heterocycles. The molecule has 0 saturated heterocycles. The molecule has 23 heavy (non-hydrogen) atoms. The van der Waals surface area contributed by atoms with Gasteiger partial charge in [0, 0.05) is 43.0 Å². The number of rotatable bonds is 5. The number of nitrogens with zero attached hydrogens (tertiary/aromatic N) is 4. The lowest BCUT2D eigenvalue weighted by atomic mass is 10.1. The van der Waals surface area contributed by atoms with E-state index in [1.807, 2.05) is 18.2 Å². The first kappa shape index (κ1) is 15.4. The second kappa shape index (κ2) is 6.75. The minimum atomic E-state index is 0.902. The van der Waals surface area contributed by atoms with E-state index in [9.17, 15) is 0 Å². The van der Waals surface area contributed by atoms with Crippen molar-refractivity contribution >= 4 is 16.6 Å². The fourth-order valence-corrected chi connectivity index (χ4v) is 2.42. The molecular formula is C19H21N4. The molecule has 1 aromatic carbocycles. The Morgan fingerprint density at radius 3 is 2.52 bits per heavy atom. The summed E-state index contributed by atoms with van der Waals surface area (Å²) in [4.78, 5) is 13.2. The summed E-state index contributed by atoms with van der Waals surface area (Å²) in [5.41, 5.74) is 4.11. The lowest BCUT2D eigenvalue weighted by Gasteiger charge is -2.21. The molecule has 0 spiro atoms. The van der Waals surface area contributed by atoms with Crippen molar-refractivity contribution in [3.63, 3.8) is 0 Å². The van der Waals surface area contributed by atoms with Crippen molar-refractivity contribution in [1.29, 1.82) is 0 Å². The van der Waals surface area contributed by atoms with E-state index in [1.165, 1.54) is 5.69 Å². The van der Waals surface area contributed by atoms with Crippen LogP contribution in [0.2, 0.25) is 0 Å². The summed E-state index contributed by atoms with van der Waals surface area (Å²) in [5, 5.41) is 0.941. The minimum absolute atomic E-state index is 0.902. The van der Waals surface area contributed by atoms with Crippen LogP contribution >= 0.6 is 0 Å². The van der Waals surface area contributed by atoms with E-state index in [-0.39, 0.29) is 0 Å². The largest absolute Gasteiger partial charge is 0.373 e. The standard InChI is InChI=1S/C19H21N4/c1-22(2)11-12-23(3)17-8-6-15(7-9-17)18-13-19-16(14-21-18)5-4-10-20-19/h4-10,13H,11-12H2,1-3H3. The van der Waals surface area contributed by atoms with Gasteiger partial charge in [-0.15, -0.1) is 0 Å². The van der Waals surface area contributed by atoms with Gasteiger partial charge in [-0.05, 0) is 44.4 Å². The topological polar surface area (TPSA) is 32.3 Å². The summed E-state index contributed by atoms with van der Waals surface area (Å²) in [6.45, 7) is 2.03. The normalized spacial score (nSPS) is 11.1. The predicted molar refractivity (Wildman–Crippen MR) is 95.6 cm³/mol. The highest BCUT2D eigenvalue weighted by Gasteiger charge is 2.05. The average molecular weight is 305 g/mol. The van der Waals surface area contributed by atoms with Crippen LogP contribution < -0.4 is 4.90 Å². The first-order valence-corrected chi connectivity index (χ1v) is 7.73. The maximum absolute atomic E-state index is 4.43. The molecule has 0 atom stereocenters. The molecule has 3 aromatic rings. The second-order valence-electron chi connectivity index (χ2n) is 5.96. The highest BCUT2D eigenvalue weighted by Crippen LogP contribution is 2.23. The quantitative estimate of drug-likeness (QED) is 0.725. The van der Waals surface area contributed by atoms with Crippen LogP contribution in [-0.4, -0.2) is 49.1 Å². The highest BCUT2D eigenvalue weighted by atomic mass is 15.1. The zero-order valence-corrected chi connectivity index (χ0v) is 13.8. The Hall–Kier alpha value is -2.46. The van der Waals surface area contributed by atoms with E-state index >= 15 is 0 Å². The molecule has 3 rings (SSSR count). The molecule has 1 radical (unpaired) electrons. The summed E-state index contributed by atoms with van der Waals surface area (Å²) in [5.74, 6) is 0. The fourth-order valence-electron chi connectivity index (χ4n) is 2.42. The lowest BCUT2D eigenvalue weighted by molar-refractivity contribution is 0.416. The highest BCUT2D eigenvalue weighted by molar-refractivity contribution is 5.81. The summed E-state index contributed by atoms with van der Waals surface area (Å²) < 4.78 is 0. The van der Waals surface area contributed by atoms with Crippen LogP contribution in [0.5, 0.6) is 0 Å². The average Bonchev–Trinajstić information content (AvgIpc) is 2.59. The molecule has 0 unspecified atom stereocenters. The third-order valence-corrected chi connectivity index (χ3v) is 3.90. The molecule has 0 saturated carbocycles. The smallest absolute Gasteiger partial charge is 0.0994 e. The molecule has 2 heterocycles. The molecule has 4 nitrogen and oxygen atoms in total. The van der Waals surface area contributed by atoms with Crippen LogP contribution in [0.15, 0.2) is 48.7 Å². The maximum atomic E-state index is 4.43. The summed E-state index contributed by atoms with van der Waals surface area (Å²) in [6, 6.07) is 14.4. The molecule has 0 aliphatic heterocycles. The van der Waals surface area contributed by atoms with Crippen molar-refractivity contribution in [3.05, 3.63) is 54.9 Å². The number of pyridine rings is 2. The van der Waals surface area contributed by atoms with Gasteiger partial charge in [-0.25, -0.2) is 4.98 Å². The third kappa shape index (κ3) is 3.66. The first-order chi connectivity index (χ1) is 11.1. The lowest BCUT2D eigenvalue weighted by Crippen LogP contribution is -2.28. The van der Waals surface area contributed by atoms with Crippen LogP contribution in [0, 0.1) is 6.20 Å². The Labute approximate surface area is 137 Å². The van der Waals surface area contributed by atoms with Gasteiger partial charge in [0.15, 0.2) is 0 Å². The molecule has 117 valence electrons. The molecule has 0 aliphatic carbocycles. The van der Waals surface area contributed by atoms with Crippen molar-refractivity contribution in [2.24, 2.45) is 0 Å². The molecule has 0 bridgehead atoms. The van der Waals surface area contributed by atoms with E-state index in [1.54, 1.807) is 6.20 Å². The Bertz CT molecular complexity index is 781. The fraction of sp³-hybridized carbons (Fsp3) is 0.263. The maximum Gasteiger partial charge on any atom is 0.0994 e. The molecular weight excluding hydrogens is 284 g/mol. The zero-order valence-electron chi connectivity index (χ0n) is 13.8.